The summed E-state index contributed by atoms with van der Waals surface area (Å²) >= 11 is 3.59. The Morgan fingerprint density at radius 1 is 1.29 bits per heavy atom. The second-order valence-electron chi connectivity index (χ2n) is 5.47. The molecular weight excluding hydrogens is 352 g/mol. The highest BCUT2D eigenvalue weighted by Crippen LogP contribution is 2.30. The molecule has 2 unspecified atom stereocenters. The topological polar surface area (TPSA) is 50.3 Å². The van der Waals surface area contributed by atoms with Gasteiger partial charge in [-0.2, -0.15) is 4.31 Å². The molecular formula is C15H17BrN2O2S. The first-order valence-electron chi connectivity index (χ1n) is 6.98. The lowest BCUT2D eigenvalue weighted by atomic mass is 10.0. The van der Waals surface area contributed by atoms with E-state index in [-0.39, 0.29) is 4.83 Å². The fourth-order valence-electron chi connectivity index (χ4n) is 2.65. The average Bonchev–Trinajstić information content (AvgIpc) is 2.49. The zero-order valence-electron chi connectivity index (χ0n) is 11.7. The lowest BCUT2D eigenvalue weighted by Gasteiger charge is -2.33. The molecule has 1 aliphatic rings. The van der Waals surface area contributed by atoms with Crippen LogP contribution in [0.25, 0.3) is 10.9 Å². The summed E-state index contributed by atoms with van der Waals surface area (Å²) in [7, 11) is -3.48. The molecule has 2 heterocycles. The average molecular weight is 369 g/mol. The van der Waals surface area contributed by atoms with Crippen molar-refractivity contribution in [1.29, 1.82) is 0 Å². The van der Waals surface area contributed by atoms with Crippen molar-refractivity contribution >= 4 is 36.9 Å². The number of aromatic nitrogens is 1. The molecule has 2 aromatic rings. The van der Waals surface area contributed by atoms with Gasteiger partial charge in [0.2, 0.25) is 10.0 Å². The van der Waals surface area contributed by atoms with Crippen molar-refractivity contribution in [2.24, 2.45) is 5.92 Å². The van der Waals surface area contributed by atoms with E-state index < -0.39 is 10.0 Å². The molecule has 0 radical (unpaired) electrons. The minimum Gasteiger partial charge on any atom is -0.256 e. The number of alkyl halides is 1. The van der Waals surface area contributed by atoms with Gasteiger partial charge in [-0.15, -0.1) is 0 Å². The van der Waals surface area contributed by atoms with Crippen molar-refractivity contribution in [3.8, 4) is 0 Å². The van der Waals surface area contributed by atoms with Crippen molar-refractivity contribution in [2.75, 3.05) is 13.1 Å². The van der Waals surface area contributed by atoms with Gasteiger partial charge in [0, 0.05) is 29.5 Å². The Labute approximate surface area is 133 Å². The molecule has 3 rings (SSSR count). The monoisotopic (exact) mass is 368 g/mol. The third-order valence-electron chi connectivity index (χ3n) is 4.05. The standard InChI is InChI=1S/C15H17BrN2O2S/c1-11-7-9-18(10-13(11)16)21(19,20)15-6-2-5-14-12(15)4-3-8-17-14/h2-6,8,11,13H,7,9-10H2,1H3. The maximum atomic E-state index is 12.9. The van der Waals surface area contributed by atoms with Gasteiger partial charge in [0.25, 0.3) is 0 Å². The van der Waals surface area contributed by atoms with Crippen LogP contribution in [0, 0.1) is 5.92 Å². The Bertz CT molecular complexity index is 758. The molecule has 21 heavy (non-hydrogen) atoms. The normalized spacial score (nSPS) is 24.3. The van der Waals surface area contributed by atoms with Crippen LogP contribution in [0.2, 0.25) is 0 Å². The SMILES string of the molecule is CC1CCN(S(=O)(=O)c2cccc3ncccc23)CC1Br. The van der Waals surface area contributed by atoms with E-state index in [1.807, 2.05) is 12.1 Å². The largest absolute Gasteiger partial charge is 0.256 e. The van der Waals surface area contributed by atoms with Gasteiger partial charge < -0.3 is 0 Å². The summed E-state index contributed by atoms with van der Waals surface area (Å²) in [5, 5.41) is 0.685. The molecule has 1 fully saturated rings. The van der Waals surface area contributed by atoms with Gasteiger partial charge in [0.05, 0.1) is 10.4 Å². The van der Waals surface area contributed by atoms with Gasteiger partial charge in [0.1, 0.15) is 0 Å². The maximum Gasteiger partial charge on any atom is 0.243 e. The third kappa shape index (κ3) is 2.72. The quantitative estimate of drug-likeness (QED) is 0.765. The zero-order chi connectivity index (χ0) is 15.0. The lowest BCUT2D eigenvalue weighted by molar-refractivity contribution is 0.300. The molecule has 2 atom stereocenters. The number of sulfonamides is 1. The van der Waals surface area contributed by atoms with Crippen molar-refractivity contribution in [1.82, 2.24) is 9.29 Å². The molecule has 112 valence electrons. The highest BCUT2D eigenvalue weighted by atomic mass is 79.9. The van der Waals surface area contributed by atoms with E-state index in [1.165, 1.54) is 0 Å². The summed E-state index contributed by atoms with van der Waals surface area (Å²) in [6.45, 7) is 3.23. The number of nitrogens with zero attached hydrogens (tertiary/aromatic N) is 2. The van der Waals surface area contributed by atoms with E-state index in [1.54, 1.807) is 28.7 Å². The predicted octanol–water partition coefficient (Wildman–Crippen LogP) is 3.03. The Hall–Kier alpha value is -0.980. The molecule has 4 nitrogen and oxygen atoms in total. The second-order valence-corrected chi connectivity index (χ2v) is 8.55. The van der Waals surface area contributed by atoms with Gasteiger partial charge >= 0.3 is 0 Å². The van der Waals surface area contributed by atoms with Crippen LogP contribution >= 0.6 is 15.9 Å². The van der Waals surface area contributed by atoms with Gasteiger partial charge in [-0.05, 0) is 36.6 Å². The summed E-state index contributed by atoms with van der Waals surface area (Å²) in [6, 6.07) is 8.83. The summed E-state index contributed by atoms with van der Waals surface area (Å²) in [4.78, 5) is 4.79. The molecule has 0 spiro atoms. The highest BCUT2D eigenvalue weighted by Gasteiger charge is 2.33. The van der Waals surface area contributed by atoms with E-state index in [9.17, 15) is 8.42 Å². The summed E-state index contributed by atoms with van der Waals surface area (Å²) in [5.74, 6) is 0.491. The second kappa shape index (κ2) is 5.66. The van der Waals surface area contributed by atoms with Gasteiger partial charge in [-0.25, -0.2) is 8.42 Å². The van der Waals surface area contributed by atoms with E-state index in [0.717, 1.165) is 6.42 Å². The maximum absolute atomic E-state index is 12.9. The molecule has 1 saturated heterocycles. The predicted molar refractivity (Wildman–Crippen MR) is 87.0 cm³/mol. The molecule has 1 aromatic heterocycles. The van der Waals surface area contributed by atoms with Crippen LogP contribution in [0.15, 0.2) is 41.4 Å². The first kappa shape index (κ1) is 14.9. The number of benzene rings is 1. The van der Waals surface area contributed by atoms with Crippen molar-refractivity contribution < 1.29 is 8.42 Å². The lowest BCUT2D eigenvalue weighted by Crippen LogP contribution is -2.43. The number of hydrogen-bond acceptors (Lipinski definition) is 3. The number of hydrogen-bond donors (Lipinski definition) is 0. The van der Waals surface area contributed by atoms with Crippen LogP contribution in [-0.4, -0.2) is 35.6 Å². The van der Waals surface area contributed by atoms with Crippen LogP contribution in [0.3, 0.4) is 0 Å². The Morgan fingerprint density at radius 2 is 2.10 bits per heavy atom. The first-order chi connectivity index (χ1) is 10.00. The molecule has 0 amide bonds. The van der Waals surface area contributed by atoms with Crippen molar-refractivity contribution in [2.45, 2.75) is 23.1 Å². The first-order valence-corrected chi connectivity index (χ1v) is 9.33. The Morgan fingerprint density at radius 3 is 2.86 bits per heavy atom. The van der Waals surface area contributed by atoms with Gasteiger partial charge in [-0.1, -0.05) is 28.9 Å². The summed E-state index contributed by atoms with van der Waals surface area (Å²) in [5.41, 5.74) is 0.708. The zero-order valence-corrected chi connectivity index (χ0v) is 14.1. The van der Waals surface area contributed by atoms with Gasteiger partial charge in [-0.3, -0.25) is 4.98 Å². The molecule has 1 aromatic carbocycles. The Balaban J connectivity index is 2.05. The number of rotatable bonds is 2. The fraction of sp³-hybridized carbons (Fsp3) is 0.400. The smallest absolute Gasteiger partial charge is 0.243 e. The number of piperidine rings is 1. The van der Waals surface area contributed by atoms with E-state index in [0.29, 0.717) is 34.8 Å². The minimum absolute atomic E-state index is 0.203. The summed E-state index contributed by atoms with van der Waals surface area (Å²) < 4.78 is 27.4. The molecule has 0 N–H and O–H groups in total. The van der Waals surface area contributed by atoms with Crippen LogP contribution in [0.4, 0.5) is 0 Å². The Kier molecular flexibility index (Phi) is 4.03. The van der Waals surface area contributed by atoms with Gasteiger partial charge in [0.15, 0.2) is 0 Å². The summed E-state index contributed by atoms with van der Waals surface area (Å²) in [6.07, 6.45) is 2.55. The van der Waals surface area contributed by atoms with E-state index in [4.69, 9.17) is 0 Å². The molecule has 6 heteroatoms. The number of pyridine rings is 1. The van der Waals surface area contributed by atoms with Crippen LogP contribution in [0.1, 0.15) is 13.3 Å². The van der Waals surface area contributed by atoms with Crippen LogP contribution in [-0.2, 0) is 10.0 Å². The highest BCUT2D eigenvalue weighted by molar-refractivity contribution is 9.09. The van der Waals surface area contributed by atoms with E-state index >= 15 is 0 Å². The fourth-order valence-corrected chi connectivity index (χ4v) is 5.14. The minimum atomic E-state index is -3.48. The number of fused-ring (bicyclic) bond motifs is 1. The molecule has 0 bridgehead atoms. The molecule has 0 aliphatic carbocycles. The van der Waals surface area contributed by atoms with Crippen molar-refractivity contribution in [3.05, 3.63) is 36.5 Å². The van der Waals surface area contributed by atoms with Crippen molar-refractivity contribution in [3.63, 3.8) is 0 Å². The van der Waals surface area contributed by atoms with Crippen LogP contribution < -0.4 is 0 Å². The number of halogens is 1. The molecule has 0 saturated carbocycles. The van der Waals surface area contributed by atoms with E-state index in [2.05, 4.69) is 27.8 Å². The molecule has 1 aliphatic heterocycles. The van der Waals surface area contributed by atoms with Crippen LogP contribution in [0.5, 0.6) is 0 Å². The third-order valence-corrected chi connectivity index (χ3v) is 7.17.